The second-order valence-corrected chi connectivity index (χ2v) is 3.50. The van der Waals surface area contributed by atoms with Crippen LogP contribution in [-0.2, 0) is 0 Å². The molecule has 0 radical (unpaired) electrons. The molecule has 0 saturated carbocycles. The number of hydrogen-bond acceptors (Lipinski definition) is 4. The molecular weight excluding hydrogens is 222 g/mol. The second kappa shape index (κ2) is 4.72. The first-order valence-corrected chi connectivity index (χ1v) is 5.08. The molecule has 0 saturated heterocycles. The van der Waals surface area contributed by atoms with Crippen molar-refractivity contribution in [1.82, 2.24) is 4.98 Å². The zero-order valence-electron chi connectivity index (χ0n) is 8.33. The largest absolute Gasteiger partial charge is 0.508 e. The Bertz CT molecular complexity index is 482. The number of aromatic hydroxyl groups is 1. The molecular formula is C12H9NO2S. The van der Waals surface area contributed by atoms with Gasteiger partial charge in [-0.3, -0.25) is 4.98 Å². The molecule has 2 rings (SSSR count). The summed E-state index contributed by atoms with van der Waals surface area (Å²) in [5.74, 6) is 0.784. The topological polar surface area (TPSA) is 42.4 Å². The zero-order chi connectivity index (χ0) is 11.4. The predicted octanol–water partition coefficient (Wildman–Crippen LogP) is 2.54. The van der Waals surface area contributed by atoms with Gasteiger partial charge < -0.3 is 9.84 Å². The van der Waals surface area contributed by atoms with Crippen LogP contribution in [0.1, 0.15) is 5.56 Å². The van der Waals surface area contributed by atoms with Gasteiger partial charge in [-0.15, -0.1) is 0 Å². The molecule has 1 N–H and O–H groups in total. The van der Waals surface area contributed by atoms with Crippen LogP contribution in [0.2, 0.25) is 0 Å². The lowest BCUT2D eigenvalue weighted by Gasteiger charge is -2.06. The van der Waals surface area contributed by atoms with Gasteiger partial charge in [0.25, 0.3) is 0 Å². The van der Waals surface area contributed by atoms with E-state index in [9.17, 15) is 0 Å². The van der Waals surface area contributed by atoms with E-state index in [-0.39, 0.29) is 5.75 Å². The number of phenolic OH excluding ortho intramolecular Hbond substituents is 1. The molecule has 0 aliphatic carbocycles. The van der Waals surface area contributed by atoms with Gasteiger partial charge in [-0.1, -0.05) is 0 Å². The molecule has 1 aromatic carbocycles. The maximum Gasteiger partial charge on any atom is 0.199 e. The first-order chi connectivity index (χ1) is 7.75. The molecule has 4 heteroatoms. The van der Waals surface area contributed by atoms with Gasteiger partial charge in [0.15, 0.2) is 5.05 Å². The van der Waals surface area contributed by atoms with Crippen LogP contribution in [0, 0.1) is 0 Å². The highest BCUT2D eigenvalue weighted by Gasteiger charge is 2.03. The Morgan fingerprint density at radius 3 is 2.56 bits per heavy atom. The molecule has 1 heterocycles. The minimum atomic E-state index is 0.194. The molecule has 0 aliphatic heterocycles. The average molecular weight is 231 g/mol. The van der Waals surface area contributed by atoms with Gasteiger partial charge in [-0.2, -0.15) is 0 Å². The minimum Gasteiger partial charge on any atom is -0.508 e. The Morgan fingerprint density at radius 1 is 1.19 bits per heavy atom. The number of ether oxygens (including phenoxy) is 1. The standard InChI is InChI=1S/C12H9NO2S/c14-10-3-5-11(6-4-10)15-12(16)9-2-1-7-13-8-9/h1-8,14H. The van der Waals surface area contributed by atoms with Crippen LogP contribution < -0.4 is 4.74 Å². The maximum atomic E-state index is 9.11. The van der Waals surface area contributed by atoms with E-state index in [1.165, 1.54) is 0 Å². The van der Waals surface area contributed by atoms with Gasteiger partial charge in [0.2, 0.25) is 0 Å². The van der Waals surface area contributed by atoms with Crippen LogP contribution in [0.4, 0.5) is 0 Å². The van der Waals surface area contributed by atoms with Gasteiger partial charge in [0.05, 0.1) is 0 Å². The van der Waals surface area contributed by atoms with Gasteiger partial charge >= 0.3 is 0 Å². The first-order valence-electron chi connectivity index (χ1n) is 4.67. The van der Waals surface area contributed by atoms with E-state index in [2.05, 4.69) is 4.98 Å². The highest BCUT2D eigenvalue weighted by atomic mass is 32.1. The lowest BCUT2D eigenvalue weighted by atomic mass is 10.3. The fraction of sp³-hybridized carbons (Fsp3) is 0. The molecule has 0 aliphatic rings. The number of hydrogen-bond donors (Lipinski definition) is 1. The van der Waals surface area contributed by atoms with Crippen LogP contribution in [0.25, 0.3) is 0 Å². The summed E-state index contributed by atoms with van der Waals surface area (Å²) in [6.45, 7) is 0. The minimum absolute atomic E-state index is 0.194. The van der Waals surface area contributed by atoms with Gasteiger partial charge in [-0.25, -0.2) is 0 Å². The van der Waals surface area contributed by atoms with Crippen molar-refractivity contribution in [2.24, 2.45) is 0 Å². The van der Waals surface area contributed by atoms with Crippen LogP contribution in [0.3, 0.4) is 0 Å². The number of phenols is 1. The Labute approximate surface area is 98.3 Å². The van der Waals surface area contributed by atoms with Crippen LogP contribution in [0.5, 0.6) is 11.5 Å². The number of aromatic nitrogens is 1. The third-order valence-corrected chi connectivity index (χ3v) is 2.26. The molecule has 2 aromatic rings. The van der Waals surface area contributed by atoms with Crippen molar-refractivity contribution in [3.05, 3.63) is 54.4 Å². The van der Waals surface area contributed by atoms with Crippen LogP contribution in [0.15, 0.2) is 48.8 Å². The summed E-state index contributed by atoms with van der Waals surface area (Å²) in [6.07, 6.45) is 3.31. The van der Waals surface area contributed by atoms with Crippen molar-refractivity contribution in [3.8, 4) is 11.5 Å². The van der Waals surface area contributed by atoms with Crippen LogP contribution >= 0.6 is 12.2 Å². The van der Waals surface area contributed by atoms with Gasteiger partial charge in [0, 0.05) is 18.0 Å². The van der Waals surface area contributed by atoms with Gasteiger partial charge in [-0.05, 0) is 48.6 Å². The number of benzene rings is 1. The summed E-state index contributed by atoms with van der Waals surface area (Å²) in [6, 6.07) is 10.0. The van der Waals surface area contributed by atoms with E-state index in [1.54, 1.807) is 42.7 Å². The summed E-state index contributed by atoms with van der Waals surface area (Å²) in [7, 11) is 0. The van der Waals surface area contributed by atoms with Crippen molar-refractivity contribution < 1.29 is 9.84 Å². The number of rotatable bonds is 2. The molecule has 0 fully saturated rings. The maximum absolute atomic E-state index is 9.11. The molecule has 0 bridgehead atoms. The zero-order valence-corrected chi connectivity index (χ0v) is 9.15. The normalized spacial score (nSPS) is 9.75. The monoisotopic (exact) mass is 231 g/mol. The molecule has 0 unspecified atom stereocenters. The molecule has 0 atom stereocenters. The second-order valence-electron chi connectivity index (χ2n) is 3.13. The fourth-order valence-electron chi connectivity index (χ4n) is 1.16. The fourth-order valence-corrected chi connectivity index (χ4v) is 1.38. The van der Waals surface area contributed by atoms with Crippen molar-refractivity contribution in [1.29, 1.82) is 0 Å². The quantitative estimate of drug-likeness (QED) is 0.806. The number of nitrogens with zero attached hydrogens (tertiary/aromatic N) is 1. The molecule has 16 heavy (non-hydrogen) atoms. The van der Waals surface area contributed by atoms with Crippen molar-refractivity contribution in [3.63, 3.8) is 0 Å². The van der Waals surface area contributed by atoms with E-state index in [0.717, 1.165) is 5.56 Å². The van der Waals surface area contributed by atoms with E-state index >= 15 is 0 Å². The molecule has 1 aromatic heterocycles. The highest BCUT2D eigenvalue weighted by molar-refractivity contribution is 7.80. The molecule has 3 nitrogen and oxygen atoms in total. The Kier molecular flexibility index (Phi) is 3.12. The smallest absolute Gasteiger partial charge is 0.199 e. The summed E-state index contributed by atoms with van der Waals surface area (Å²) in [5.41, 5.74) is 0.755. The number of thiocarbonyl (C=S) groups is 1. The third-order valence-electron chi connectivity index (χ3n) is 1.94. The average Bonchev–Trinajstić information content (AvgIpc) is 2.33. The van der Waals surface area contributed by atoms with E-state index in [4.69, 9.17) is 22.1 Å². The first kappa shape index (κ1) is 10.6. The molecule has 80 valence electrons. The van der Waals surface area contributed by atoms with Gasteiger partial charge in [0.1, 0.15) is 11.5 Å². The third kappa shape index (κ3) is 2.55. The summed E-state index contributed by atoms with van der Waals surface area (Å²) in [4.78, 5) is 3.95. The predicted molar refractivity (Wildman–Crippen MR) is 64.7 cm³/mol. The summed E-state index contributed by atoms with van der Waals surface area (Å²) < 4.78 is 5.44. The van der Waals surface area contributed by atoms with E-state index in [1.807, 2.05) is 6.07 Å². The Balaban J connectivity index is 2.11. The molecule has 0 spiro atoms. The van der Waals surface area contributed by atoms with Crippen molar-refractivity contribution >= 4 is 17.3 Å². The lowest BCUT2D eigenvalue weighted by Crippen LogP contribution is -2.06. The lowest BCUT2D eigenvalue weighted by molar-refractivity contribution is 0.473. The van der Waals surface area contributed by atoms with Crippen molar-refractivity contribution in [2.75, 3.05) is 0 Å². The Morgan fingerprint density at radius 2 is 1.94 bits per heavy atom. The van der Waals surface area contributed by atoms with E-state index in [0.29, 0.717) is 10.8 Å². The highest BCUT2D eigenvalue weighted by Crippen LogP contribution is 2.17. The SMILES string of the molecule is Oc1ccc(OC(=S)c2cccnc2)cc1. The van der Waals surface area contributed by atoms with Crippen molar-refractivity contribution in [2.45, 2.75) is 0 Å². The van der Waals surface area contributed by atoms with E-state index < -0.39 is 0 Å². The Hall–Kier alpha value is -1.94. The summed E-state index contributed by atoms with van der Waals surface area (Å²) in [5, 5.41) is 9.47. The number of pyridine rings is 1. The summed E-state index contributed by atoms with van der Waals surface area (Å²) >= 11 is 5.11. The molecule has 0 amide bonds. The van der Waals surface area contributed by atoms with Crippen LogP contribution in [-0.4, -0.2) is 15.1 Å².